The molecule has 6 rings (SSSR count). The molecule has 4 atom stereocenters. The van der Waals surface area contributed by atoms with Gasteiger partial charge < -0.3 is 60.9 Å². The Labute approximate surface area is 496 Å². The van der Waals surface area contributed by atoms with Gasteiger partial charge in [0.05, 0.1) is 33.9 Å². The number of rotatable bonds is 35. The predicted molar refractivity (Wildman–Crippen MR) is 313 cm³/mol. The minimum atomic E-state index is -1.03. The standard InChI is InChI=1S/C62H82N8O15/c1-38(2)59(67-53(72)13-8-7-9-25-70-56(75)20-21-57(70)76)61(80)66-48(12-10-24-64-62(63)81)60(79)65-46-16-14-41(15-17-46)28-39(3)40(4)29-47(71)18-19-54(73)68-34-42-30-49(82-5)51(32-44(42)36-68)84-26-11-27-85-52-33-45-37-69(55(74)22-23-58(77)78)35-43(45)31-50(52)83-6/h14-17,20-21,30-33,38-40,48,59H,7-13,18-19,22-29,34-37H2,1-6H3,(H,65,79)(H,66,80)(H,67,72)(H,77,78)(H3,63,64,81)/t39?,40?,48-,59-/m0/s1. The highest BCUT2D eigenvalue weighted by Crippen LogP contribution is 2.37. The zero-order valence-corrected chi connectivity index (χ0v) is 49.6. The number of amides is 9. The fourth-order valence-electron chi connectivity index (χ4n) is 10.3. The lowest BCUT2D eigenvalue weighted by molar-refractivity contribution is -0.141. The normalized spacial score (nSPS) is 14.7. The van der Waals surface area contributed by atoms with E-state index >= 15 is 0 Å². The Kier molecular flexibility index (Phi) is 24.7. The number of hydrogen-bond acceptors (Lipinski definition) is 14. The van der Waals surface area contributed by atoms with Crippen molar-refractivity contribution >= 4 is 64.8 Å². The number of ketones is 1. The highest BCUT2D eigenvalue weighted by Gasteiger charge is 2.31. The number of nitrogens with two attached hydrogens (primary N) is 1. The zero-order chi connectivity index (χ0) is 61.7. The summed E-state index contributed by atoms with van der Waals surface area (Å²) in [5, 5.41) is 19.9. The van der Waals surface area contributed by atoms with Crippen molar-refractivity contribution in [3.05, 3.63) is 88.5 Å². The molecule has 0 aliphatic carbocycles. The summed E-state index contributed by atoms with van der Waals surface area (Å²) in [6.45, 7) is 10.2. The van der Waals surface area contributed by atoms with E-state index in [1.807, 2.05) is 43.3 Å². The summed E-state index contributed by atoms with van der Waals surface area (Å²) in [4.78, 5) is 130. The van der Waals surface area contributed by atoms with E-state index in [9.17, 15) is 47.9 Å². The van der Waals surface area contributed by atoms with Crippen molar-refractivity contribution in [2.75, 3.05) is 45.8 Å². The van der Waals surface area contributed by atoms with Gasteiger partial charge in [0.2, 0.25) is 29.5 Å². The number of ether oxygens (including phenoxy) is 4. The number of carbonyl (C=O) groups excluding carboxylic acids is 9. The number of aliphatic carboxylic acids is 1. The quantitative estimate of drug-likeness (QED) is 0.0297. The van der Waals surface area contributed by atoms with E-state index in [1.54, 1.807) is 50.0 Å². The summed E-state index contributed by atoms with van der Waals surface area (Å²) in [5.41, 5.74) is 10.4. The first-order valence-electron chi connectivity index (χ1n) is 29.1. The second kappa shape index (κ2) is 32.0. The molecule has 0 spiro atoms. The molecular formula is C62H82N8O15. The van der Waals surface area contributed by atoms with Crippen LogP contribution in [0.2, 0.25) is 0 Å². The lowest BCUT2D eigenvalue weighted by Gasteiger charge is -2.25. The number of nitrogens with one attached hydrogen (secondary N) is 4. The Morgan fingerprint density at radius 3 is 1.68 bits per heavy atom. The number of Topliss-reactive ketones (excluding diaryl/α,β-unsaturated/α-hetero) is 1. The lowest BCUT2D eigenvalue weighted by atomic mass is 9.85. The third-order valence-electron chi connectivity index (χ3n) is 15.4. The number of primary amides is 1. The Balaban J connectivity index is 0.906. The highest BCUT2D eigenvalue weighted by atomic mass is 16.5. The number of imide groups is 1. The van der Waals surface area contributed by atoms with E-state index in [0.29, 0.717) is 113 Å². The first-order chi connectivity index (χ1) is 40.6. The van der Waals surface area contributed by atoms with Crippen LogP contribution in [-0.4, -0.2) is 132 Å². The lowest BCUT2D eigenvalue weighted by Crippen LogP contribution is -2.54. The summed E-state index contributed by atoms with van der Waals surface area (Å²) in [5.74, 6) is -1.58. The predicted octanol–water partition coefficient (Wildman–Crippen LogP) is 5.85. The molecule has 3 aromatic carbocycles. The SMILES string of the molecule is COc1cc2c(cc1OCCCOc1cc3c(cc1OC)CN(C(=O)CCC(=O)CC(C)C(C)Cc1ccc(NC(=O)[C@H](CCCNC(N)=O)NC(=O)[C@@H](NC(=O)CCCCCN4C(=O)C=CC4=O)C(C)C)cc1)C3)CN(C(=O)CCC(=O)O)C2. The summed E-state index contributed by atoms with van der Waals surface area (Å²) in [6, 6.07) is 12.0. The fourth-order valence-corrected chi connectivity index (χ4v) is 10.3. The van der Waals surface area contributed by atoms with E-state index in [2.05, 4.69) is 28.2 Å². The molecule has 0 saturated carbocycles. The Morgan fingerprint density at radius 1 is 0.624 bits per heavy atom. The number of carboxylic acids is 1. The number of unbranched alkanes of at least 4 members (excludes halogenated alkanes) is 2. The van der Waals surface area contributed by atoms with Crippen molar-refractivity contribution in [3.63, 3.8) is 0 Å². The van der Waals surface area contributed by atoms with Gasteiger partial charge in [-0.15, -0.1) is 0 Å². The molecule has 0 aromatic heterocycles. The fraction of sp³-hybridized carbons (Fsp3) is 0.516. The molecule has 23 heteroatoms. The summed E-state index contributed by atoms with van der Waals surface area (Å²) < 4.78 is 23.4. The van der Waals surface area contributed by atoms with Crippen LogP contribution in [0.15, 0.2) is 60.7 Å². The topological polar surface area (TPSA) is 312 Å². The number of anilines is 1. The van der Waals surface area contributed by atoms with Crippen LogP contribution >= 0.6 is 0 Å². The van der Waals surface area contributed by atoms with Crippen LogP contribution in [-0.2, 0) is 75.8 Å². The molecule has 23 nitrogen and oxygen atoms in total. The van der Waals surface area contributed by atoms with Gasteiger partial charge in [-0.25, -0.2) is 4.79 Å². The van der Waals surface area contributed by atoms with Gasteiger partial charge in [0, 0.05) is 95.6 Å². The molecule has 3 heterocycles. The molecule has 2 unspecified atom stereocenters. The van der Waals surface area contributed by atoms with Gasteiger partial charge >= 0.3 is 12.0 Å². The van der Waals surface area contributed by atoms with Crippen molar-refractivity contribution in [3.8, 4) is 23.0 Å². The van der Waals surface area contributed by atoms with Gasteiger partial charge in [-0.3, -0.25) is 48.1 Å². The molecule has 0 bridgehead atoms. The maximum atomic E-state index is 13.7. The number of fused-ring (bicyclic) bond motifs is 2. The van der Waals surface area contributed by atoms with Crippen LogP contribution in [0.1, 0.15) is 133 Å². The molecular weight excluding hydrogens is 1100 g/mol. The molecule has 3 aliphatic heterocycles. The van der Waals surface area contributed by atoms with Crippen LogP contribution in [0.25, 0.3) is 0 Å². The van der Waals surface area contributed by atoms with Gasteiger partial charge in [-0.05, 0) is 114 Å². The molecule has 85 heavy (non-hydrogen) atoms. The van der Waals surface area contributed by atoms with Gasteiger partial charge in [0.1, 0.15) is 17.9 Å². The number of hydrogen-bond donors (Lipinski definition) is 6. The maximum Gasteiger partial charge on any atom is 0.312 e. The van der Waals surface area contributed by atoms with Crippen LogP contribution in [0.5, 0.6) is 23.0 Å². The second-order valence-electron chi connectivity index (χ2n) is 22.3. The van der Waals surface area contributed by atoms with Gasteiger partial charge in [-0.2, -0.15) is 0 Å². The molecule has 0 fully saturated rings. The number of urea groups is 1. The molecule has 3 aromatic rings. The Hall–Kier alpha value is -8.50. The first-order valence-corrected chi connectivity index (χ1v) is 29.1. The number of benzene rings is 3. The first kappa shape index (κ1) is 65.7. The number of carboxylic acid groups (broad SMARTS) is 1. The van der Waals surface area contributed by atoms with E-state index in [1.165, 1.54) is 12.2 Å². The molecule has 9 amide bonds. The smallest absolute Gasteiger partial charge is 0.312 e. The maximum absolute atomic E-state index is 13.7. The number of carbonyl (C=O) groups is 10. The monoisotopic (exact) mass is 1180 g/mol. The molecule has 460 valence electrons. The van der Waals surface area contributed by atoms with Crippen molar-refractivity contribution in [1.82, 2.24) is 30.7 Å². The Bertz CT molecular complexity index is 2930. The van der Waals surface area contributed by atoms with Gasteiger partial charge in [0.15, 0.2) is 23.0 Å². The highest BCUT2D eigenvalue weighted by molar-refractivity contribution is 6.12. The third kappa shape index (κ3) is 19.8. The minimum Gasteiger partial charge on any atom is -0.493 e. The largest absolute Gasteiger partial charge is 0.493 e. The van der Waals surface area contributed by atoms with Crippen LogP contribution in [0.4, 0.5) is 10.5 Å². The average molecular weight is 1180 g/mol. The van der Waals surface area contributed by atoms with Crippen LogP contribution < -0.4 is 45.9 Å². The number of methoxy groups -OCH3 is 2. The van der Waals surface area contributed by atoms with Crippen molar-refractivity contribution in [2.45, 2.75) is 149 Å². The summed E-state index contributed by atoms with van der Waals surface area (Å²) >= 11 is 0. The number of nitrogens with zero attached hydrogens (tertiary/aromatic N) is 3. The van der Waals surface area contributed by atoms with E-state index in [-0.39, 0.29) is 105 Å². The van der Waals surface area contributed by atoms with Crippen LogP contribution in [0, 0.1) is 17.8 Å². The molecule has 0 radical (unpaired) electrons. The second-order valence-corrected chi connectivity index (χ2v) is 22.3. The average Bonchev–Trinajstić information content (AvgIpc) is 3.27. The van der Waals surface area contributed by atoms with Crippen LogP contribution in [0.3, 0.4) is 0 Å². The molecule has 3 aliphatic rings. The Morgan fingerprint density at radius 2 is 1.16 bits per heavy atom. The summed E-state index contributed by atoms with van der Waals surface area (Å²) in [6.07, 6.45) is 6.01. The van der Waals surface area contributed by atoms with E-state index < -0.39 is 35.9 Å². The van der Waals surface area contributed by atoms with Gasteiger partial charge in [-0.1, -0.05) is 46.2 Å². The summed E-state index contributed by atoms with van der Waals surface area (Å²) in [7, 11) is 3.10. The van der Waals surface area contributed by atoms with Crippen molar-refractivity contribution < 1.29 is 72.0 Å². The third-order valence-corrected chi connectivity index (χ3v) is 15.4. The van der Waals surface area contributed by atoms with Crippen molar-refractivity contribution in [2.24, 2.45) is 23.5 Å². The van der Waals surface area contributed by atoms with Crippen molar-refractivity contribution in [1.29, 1.82) is 0 Å². The minimum absolute atomic E-state index is 0.00139. The van der Waals surface area contributed by atoms with E-state index in [4.69, 9.17) is 29.8 Å². The zero-order valence-electron chi connectivity index (χ0n) is 49.6. The van der Waals surface area contributed by atoms with Gasteiger partial charge in [0.25, 0.3) is 11.8 Å². The molecule has 7 N–H and O–H groups in total. The van der Waals surface area contributed by atoms with E-state index in [0.717, 1.165) is 32.7 Å². The molecule has 0 saturated heterocycles.